The van der Waals surface area contributed by atoms with Crippen molar-refractivity contribution in [2.45, 2.75) is 13.8 Å². The number of carbonyl (C=O) groups is 1. The molecule has 0 aliphatic rings. The maximum atomic E-state index is 13.2. The monoisotopic (exact) mass is 268 g/mol. The molecule has 0 heterocycles. The third kappa shape index (κ3) is 2.83. The minimum atomic E-state index is -0.455. The van der Waals surface area contributed by atoms with E-state index in [0.717, 1.165) is 5.56 Å². The van der Waals surface area contributed by atoms with E-state index >= 15 is 0 Å². The maximum Gasteiger partial charge on any atom is 0.256 e. The largest absolute Gasteiger partial charge is 0.322 e. The van der Waals surface area contributed by atoms with Crippen LogP contribution in [0.15, 0.2) is 36.4 Å². The fraction of sp³-hybridized carbons (Fsp3) is 0.125. The quantitative estimate of drug-likeness (QED) is 0.905. The van der Waals surface area contributed by atoms with Crippen LogP contribution in [0.25, 0.3) is 0 Å². The van der Waals surface area contributed by atoms with Crippen LogP contribution in [0.1, 0.15) is 27.0 Å². The highest BCUT2D eigenvalue weighted by Gasteiger charge is 2.12. The van der Waals surface area contributed by atoms with E-state index < -0.39 is 5.82 Å². The molecule has 0 saturated carbocycles. The molecule has 0 atom stereocenters. The number of halogens is 1. The Morgan fingerprint density at radius 2 is 1.85 bits per heavy atom. The first kappa shape index (κ1) is 13.8. The first-order chi connectivity index (χ1) is 9.51. The highest BCUT2D eigenvalue weighted by molar-refractivity contribution is 6.05. The fourth-order valence-corrected chi connectivity index (χ4v) is 1.85. The van der Waals surface area contributed by atoms with Gasteiger partial charge in [-0.3, -0.25) is 4.79 Å². The molecule has 0 aliphatic heterocycles. The van der Waals surface area contributed by atoms with Crippen LogP contribution < -0.4 is 5.32 Å². The average Bonchev–Trinajstić information content (AvgIpc) is 2.43. The van der Waals surface area contributed by atoms with Crippen molar-refractivity contribution >= 4 is 11.6 Å². The summed E-state index contributed by atoms with van der Waals surface area (Å²) < 4.78 is 13.2. The predicted molar refractivity (Wildman–Crippen MR) is 75.0 cm³/mol. The van der Waals surface area contributed by atoms with Crippen LogP contribution in [0, 0.1) is 31.0 Å². The summed E-state index contributed by atoms with van der Waals surface area (Å²) in [4.78, 5) is 12.2. The van der Waals surface area contributed by atoms with Crippen molar-refractivity contribution in [1.82, 2.24) is 0 Å². The maximum absolute atomic E-state index is 13.2. The van der Waals surface area contributed by atoms with Crippen LogP contribution in [0.3, 0.4) is 0 Å². The highest BCUT2D eigenvalue weighted by Crippen LogP contribution is 2.19. The topological polar surface area (TPSA) is 52.9 Å². The van der Waals surface area contributed by atoms with Crippen molar-refractivity contribution in [3.05, 3.63) is 64.5 Å². The number of nitrogens with one attached hydrogen (secondary N) is 1. The summed E-state index contributed by atoms with van der Waals surface area (Å²) >= 11 is 0. The van der Waals surface area contributed by atoms with Gasteiger partial charge in [-0.25, -0.2) is 4.39 Å². The normalized spacial score (nSPS) is 9.90. The van der Waals surface area contributed by atoms with Gasteiger partial charge in [-0.05, 0) is 49.2 Å². The molecule has 4 heteroatoms. The smallest absolute Gasteiger partial charge is 0.256 e. The van der Waals surface area contributed by atoms with E-state index in [1.807, 2.05) is 13.0 Å². The fourth-order valence-electron chi connectivity index (χ4n) is 1.85. The third-order valence-electron chi connectivity index (χ3n) is 3.06. The number of hydrogen-bond donors (Lipinski definition) is 1. The van der Waals surface area contributed by atoms with E-state index in [0.29, 0.717) is 16.8 Å². The number of anilines is 1. The van der Waals surface area contributed by atoms with E-state index in [-0.39, 0.29) is 11.5 Å². The SMILES string of the molecule is Cc1ccc(C#N)cc1NC(=O)c1cc(F)ccc1C. The first-order valence-electron chi connectivity index (χ1n) is 6.09. The van der Waals surface area contributed by atoms with Crippen LogP contribution in [-0.2, 0) is 0 Å². The summed E-state index contributed by atoms with van der Waals surface area (Å²) in [6.45, 7) is 3.57. The molecule has 0 spiro atoms. The van der Waals surface area contributed by atoms with Crippen LogP contribution in [-0.4, -0.2) is 5.91 Å². The van der Waals surface area contributed by atoms with Gasteiger partial charge in [0.2, 0.25) is 0 Å². The Hall–Kier alpha value is -2.67. The molecule has 0 fully saturated rings. The van der Waals surface area contributed by atoms with Crippen molar-refractivity contribution in [2.24, 2.45) is 0 Å². The van der Waals surface area contributed by atoms with E-state index in [1.54, 1.807) is 31.2 Å². The molecule has 0 unspecified atom stereocenters. The van der Waals surface area contributed by atoms with Gasteiger partial charge in [0.25, 0.3) is 5.91 Å². The molecule has 2 aromatic carbocycles. The number of rotatable bonds is 2. The summed E-state index contributed by atoms with van der Waals surface area (Å²) in [6, 6.07) is 11.1. The Morgan fingerprint density at radius 3 is 2.55 bits per heavy atom. The van der Waals surface area contributed by atoms with Gasteiger partial charge in [0, 0.05) is 11.3 Å². The van der Waals surface area contributed by atoms with Gasteiger partial charge in [-0.1, -0.05) is 12.1 Å². The predicted octanol–water partition coefficient (Wildman–Crippen LogP) is 3.57. The summed E-state index contributed by atoms with van der Waals surface area (Å²) in [5.74, 6) is -0.844. The average molecular weight is 268 g/mol. The molecule has 0 aromatic heterocycles. The minimum absolute atomic E-state index is 0.284. The molecule has 0 aliphatic carbocycles. The van der Waals surface area contributed by atoms with Crippen molar-refractivity contribution < 1.29 is 9.18 Å². The lowest BCUT2D eigenvalue weighted by Crippen LogP contribution is -2.14. The molecule has 3 nitrogen and oxygen atoms in total. The Bertz CT molecular complexity index is 717. The van der Waals surface area contributed by atoms with Gasteiger partial charge in [-0.2, -0.15) is 5.26 Å². The van der Waals surface area contributed by atoms with Gasteiger partial charge in [0.05, 0.1) is 11.6 Å². The minimum Gasteiger partial charge on any atom is -0.322 e. The number of hydrogen-bond acceptors (Lipinski definition) is 2. The Morgan fingerprint density at radius 1 is 1.15 bits per heavy atom. The van der Waals surface area contributed by atoms with Crippen molar-refractivity contribution in [2.75, 3.05) is 5.32 Å². The molecule has 2 rings (SSSR count). The second-order valence-electron chi connectivity index (χ2n) is 4.55. The van der Waals surface area contributed by atoms with Gasteiger partial charge in [0.1, 0.15) is 5.82 Å². The summed E-state index contributed by atoms with van der Waals surface area (Å²) in [7, 11) is 0. The molecule has 100 valence electrons. The molecular weight excluding hydrogens is 255 g/mol. The Kier molecular flexibility index (Phi) is 3.81. The second kappa shape index (κ2) is 5.54. The van der Waals surface area contributed by atoms with Crippen molar-refractivity contribution in [3.63, 3.8) is 0 Å². The van der Waals surface area contributed by atoms with Crippen LogP contribution in [0.4, 0.5) is 10.1 Å². The number of amides is 1. The molecule has 2 aromatic rings. The molecule has 0 radical (unpaired) electrons. The van der Waals surface area contributed by atoms with E-state index in [2.05, 4.69) is 5.32 Å². The summed E-state index contributed by atoms with van der Waals surface area (Å²) in [5, 5.41) is 11.6. The summed E-state index contributed by atoms with van der Waals surface area (Å²) in [6.07, 6.45) is 0. The highest BCUT2D eigenvalue weighted by atomic mass is 19.1. The van der Waals surface area contributed by atoms with Gasteiger partial charge in [0.15, 0.2) is 0 Å². The van der Waals surface area contributed by atoms with E-state index in [1.165, 1.54) is 12.1 Å². The number of benzene rings is 2. The van der Waals surface area contributed by atoms with E-state index in [4.69, 9.17) is 5.26 Å². The Balaban J connectivity index is 2.33. The standard InChI is InChI=1S/C16H13FN2O/c1-10-4-6-13(17)8-14(10)16(20)19-15-7-12(9-18)5-3-11(15)2/h3-8H,1-2H3,(H,19,20). The molecule has 1 amide bonds. The van der Waals surface area contributed by atoms with E-state index in [9.17, 15) is 9.18 Å². The number of nitrogens with zero attached hydrogens (tertiary/aromatic N) is 1. The zero-order chi connectivity index (χ0) is 14.7. The molecule has 1 N–H and O–H groups in total. The van der Waals surface area contributed by atoms with Gasteiger partial charge >= 0.3 is 0 Å². The third-order valence-corrected chi connectivity index (χ3v) is 3.06. The molecule has 20 heavy (non-hydrogen) atoms. The second-order valence-corrected chi connectivity index (χ2v) is 4.55. The van der Waals surface area contributed by atoms with Crippen molar-refractivity contribution in [1.29, 1.82) is 5.26 Å². The van der Waals surface area contributed by atoms with Gasteiger partial charge < -0.3 is 5.32 Å². The first-order valence-corrected chi connectivity index (χ1v) is 6.09. The van der Waals surface area contributed by atoms with Gasteiger partial charge in [-0.15, -0.1) is 0 Å². The lowest BCUT2D eigenvalue weighted by atomic mass is 10.1. The molecular formula is C16H13FN2O. The lowest BCUT2D eigenvalue weighted by molar-refractivity contribution is 0.102. The molecule has 0 bridgehead atoms. The summed E-state index contributed by atoms with van der Waals surface area (Å²) in [5.41, 5.74) is 2.83. The van der Waals surface area contributed by atoms with Crippen LogP contribution in [0.5, 0.6) is 0 Å². The lowest BCUT2D eigenvalue weighted by Gasteiger charge is -2.10. The number of nitriles is 1. The number of carbonyl (C=O) groups excluding carboxylic acids is 1. The zero-order valence-electron chi connectivity index (χ0n) is 11.2. The molecule has 0 saturated heterocycles. The Labute approximate surface area is 116 Å². The van der Waals surface area contributed by atoms with Crippen LogP contribution >= 0.6 is 0 Å². The number of aryl methyl sites for hydroxylation is 2. The zero-order valence-corrected chi connectivity index (χ0v) is 11.2. The van der Waals surface area contributed by atoms with Crippen LogP contribution in [0.2, 0.25) is 0 Å². The van der Waals surface area contributed by atoms with Crippen molar-refractivity contribution in [3.8, 4) is 6.07 Å².